The number of benzene rings is 1. The molecule has 17 heavy (non-hydrogen) atoms. The fraction of sp³-hybridized carbons (Fsp3) is 0.300. The van der Waals surface area contributed by atoms with Crippen molar-refractivity contribution >= 4 is 16.0 Å². The predicted molar refractivity (Wildman–Crippen MR) is 60.4 cm³/mol. The van der Waals surface area contributed by atoms with E-state index >= 15 is 0 Å². The van der Waals surface area contributed by atoms with Gasteiger partial charge in [0.1, 0.15) is 11.8 Å². The van der Waals surface area contributed by atoms with E-state index in [9.17, 15) is 13.2 Å². The van der Waals surface area contributed by atoms with Crippen LogP contribution in [0, 0.1) is 0 Å². The molecule has 94 valence electrons. The van der Waals surface area contributed by atoms with Crippen molar-refractivity contribution in [2.24, 2.45) is 0 Å². The van der Waals surface area contributed by atoms with E-state index in [-0.39, 0.29) is 4.90 Å². The summed E-state index contributed by atoms with van der Waals surface area (Å²) in [5.41, 5.74) is 0. The average molecular weight is 259 g/mol. The Kier molecular flexibility index (Phi) is 4.08. The van der Waals surface area contributed by atoms with Crippen LogP contribution in [0.5, 0.6) is 5.75 Å². The molecule has 0 unspecified atom stereocenters. The largest absolute Gasteiger partial charge is 0.497 e. The molecule has 1 atom stereocenters. The number of sulfonamides is 1. The third-order valence-electron chi connectivity index (χ3n) is 2.07. The number of hydrogen-bond donors (Lipinski definition) is 2. The van der Waals surface area contributed by atoms with E-state index < -0.39 is 22.0 Å². The smallest absolute Gasteiger partial charge is 0.321 e. The van der Waals surface area contributed by atoms with Crippen molar-refractivity contribution < 1.29 is 23.1 Å². The summed E-state index contributed by atoms with van der Waals surface area (Å²) in [5.74, 6) is -0.711. The van der Waals surface area contributed by atoms with Gasteiger partial charge in [-0.15, -0.1) is 0 Å². The lowest BCUT2D eigenvalue weighted by atomic mass is 10.3. The Hall–Kier alpha value is -1.60. The molecule has 1 aromatic rings. The van der Waals surface area contributed by atoms with E-state index in [0.717, 1.165) is 0 Å². The highest BCUT2D eigenvalue weighted by Gasteiger charge is 2.21. The van der Waals surface area contributed by atoms with Gasteiger partial charge >= 0.3 is 5.97 Å². The molecule has 6 nitrogen and oxygen atoms in total. The Bertz CT molecular complexity index is 494. The van der Waals surface area contributed by atoms with Crippen LogP contribution in [0.15, 0.2) is 29.2 Å². The molecular formula is C10H13NO5S. The molecule has 0 radical (unpaired) electrons. The van der Waals surface area contributed by atoms with Gasteiger partial charge < -0.3 is 9.84 Å². The van der Waals surface area contributed by atoms with Crippen molar-refractivity contribution in [2.45, 2.75) is 17.9 Å². The first-order valence-corrected chi connectivity index (χ1v) is 6.24. The Morgan fingerprint density at radius 2 is 1.88 bits per heavy atom. The standard InChI is InChI=1S/C10H13NO5S/c1-7(10(12)13)11-17(14,15)9-5-3-8(16-2)4-6-9/h3-7,11H,1-2H3,(H,12,13)/t7-/m1/s1. The highest BCUT2D eigenvalue weighted by molar-refractivity contribution is 7.89. The zero-order valence-corrected chi connectivity index (χ0v) is 10.2. The molecule has 0 aliphatic carbocycles. The van der Waals surface area contributed by atoms with Crippen LogP contribution in [0.3, 0.4) is 0 Å². The molecule has 0 bridgehead atoms. The number of ether oxygens (including phenoxy) is 1. The summed E-state index contributed by atoms with van der Waals surface area (Å²) >= 11 is 0. The van der Waals surface area contributed by atoms with Crippen LogP contribution in [-0.4, -0.2) is 32.6 Å². The summed E-state index contributed by atoms with van der Waals surface area (Å²) in [4.78, 5) is 10.6. The highest BCUT2D eigenvalue weighted by Crippen LogP contribution is 2.15. The molecule has 0 aliphatic rings. The summed E-state index contributed by atoms with van der Waals surface area (Å²) in [6.45, 7) is 1.25. The van der Waals surface area contributed by atoms with E-state index in [1.54, 1.807) is 0 Å². The van der Waals surface area contributed by atoms with Crippen LogP contribution in [0.4, 0.5) is 0 Å². The number of nitrogens with one attached hydrogen (secondary N) is 1. The first kappa shape index (κ1) is 13.5. The summed E-state index contributed by atoms with van der Waals surface area (Å²) < 4.78 is 30.4. The minimum atomic E-state index is -3.82. The SMILES string of the molecule is COc1ccc(S(=O)(=O)N[C@H](C)C(=O)O)cc1. The van der Waals surface area contributed by atoms with Gasteiger partial charge in [-0.1, -0.05) is 0 Å². The number of carbonyl (C=O) groups is 1. The van der Waals surface area contributed by atoms with Gasteiger partial charge in [-0.05, 0) is 31.2 Å². The van der Waals surface area contributed by atoms with Gasteiger partial charge in [-0.2, -0.15) is 4.72 Å². The lowest BCUT2D eigenvalue weighted by Gasteiger charge is -2.10. The van der Waals surface area contributed by atoms with Crippen LogP contribution >= 0.6 is 0 Å². The molecule has 0 amide bonds. The first-order valence-electron chi connectivity index (χ1n) is 4.76. The van der Waals surface area contributed by atoms with Crippen molar-refractivity contribution in [3.05, 3.63) is 24.3 Å². The molecular weight excluding hydrogens is 246 g/mol. The molecule has 0 saturated carbocycles. The van der Waals surface area contributed by atoms with Crippen molar-refractivity contribution in [1.29, 1.82) is 0 Å². The van der Waals surface area contributed by atoms with Crippen LogP contribution in [0.2, 0.25) is 0 Å². The van der Waals surface area contributed by atoms with Crippen LogP contribution in [0.1, 0.15) is 6.92 Å². The van der Waals surface area contributed by atoms with Gasteiger partial charge in [0.05, 0.1) is 12.0 Å². The van der Waals surface area contributed by atoms with Crippen molar-refractivity contribution in [3.63, 3.8) is 0 Å². The van der Waals surface area contributed by atoms with Crippen molar-refractivity contribution in [3.8, 4) is 5.75 Å². The molecule has 0 aromatic heterocycles. The summed E-state index contributed by atoms with van der Waals surface area (Å²) in [7, 11) is -2.35. The van der Waals surface area contributed by atoms with Crippen LogP contribution in [-0.2, 0) is 14.8 Å². The fourth-order valence-corrected chi connectivity index (χ4v) is 2.30. The maximum atomic E-state index is 11.7. The monoisotopic (exact) mass is 259 g/mol. The van der Waals surface area contributed by atoms with Gasteiger partial charge in [0.2, 0.25) is 10.0 Å². The second kappa shape index (κ2) is 5.15. The molecule has 7 heteroatoms. The maximum absolute atomic E-state index is 11.7. The molecule has 2 N–H and O–H groups in total. The van der Waals surface area contributed by atoms with Gasteiger partial charge in [-0.25, -0.2) is 8.42 Å². The number of carboxylic acids is 1. The minimum absolute atomic E-state index is 0.00796. The van der Waals surface area contributed by atoms with E-state index in [0.29, 0.717) is 5.75 Å². The third kappa shape index (κ3) is 3.43. The lowest BCUT2D eigenvalue weighted by molar-refractivity contribution is -0.138. The number of carboxylic acid groups (broad SMARTS) is 1. The van der Waals surface area contributed by atoms with E-state index in [4.69, 9.17) is 9.84 Å². The van der Waals surface area contributed by atoms with Gasteiger partial charge in [0, 0.05) is 0 Å². The fourth-order valence-electron chi connectivity index (χ4n) is 1.11. The normalized spacial score (nSPS) is 13.1. The zero-order chi connectivity index (χ0) is 13.1. The number of methoxy groups -OCH3 is 1. The first-order chi connectivity index (χ1) is 7.86. The second-order valence-corrected chi connectivity index (χ2v) is 5.07. The van der Waals surface area contributed by atoms with Crippen LogP contribution < -0.4 is 9.46 Å². The van der Waals surface area contributed by atoms with Crippen molar-refractivity contribution in [1.82, 2.24) is 4.72 Å². The molecule has 0 spiro atoms. The summed E-state index contributed by atoms with van der Waals surface area (Å²) in [5, 5.41) is 8.63. The van der Waals surface area contributed by atoms with Crippen LogP contribution in [0.25, 0.3) is 0 Å². The molecule has 0 saturated heterocycles. The molecule has 0 fully saturated rings. The topological polar surface area (TPSA) is 92.7 Å². The summed E-state index contributed by atoms with van der Waals surface area (Å²) in [6, 6.07) is 4.48. The summed E-state index contributed by atoms with van der Waals surface area (Å²) in [6.07, 6.45) is 0. The molecule has 0 aliphatic heterocycles. The minimum Gasteiger partial charge on any atom is -0.497 e. The van der Waals surface area contributed by atoms with Gasteiger partial charge in [0.15, 0.2) is 0 Å². The quantitative estimate of drug-likeness (QED) is 0.800. The van der Waals surface area contributed by atoms with E-state index in [1.807, 2.05) is 4.72 Å². The van der Waals surface area contributed by atoms with Crippen molar-refractivity contribution in [2.75, 3.05) is 7.11 Å². The van der Waals surface area contributed by atoms with E-state index in [1.165, 1.54) is 38.3 Å². The average Bonchev–Trinajstić information content (AvgIpc) is 2.28. The number of rotatable bonds is 5. The lowest BCUT2D eigenvalue weighted by Crippen LogP contribution is -2.38. The Labute approximate surface area is 99.3 Å². The van der Waals surface area contributed by atoms with E-state index in [2.05, 4.69) is 0 Å². The van der Waals surface area contributed by atoms with Gasteiger partial charge in [-0.3, -0.25) is 4.79 Å². The molecule has 1 aromatic carbocycles. The maximum Gasteiger partial charge on any atom is 0.321 e. The molecule has 0 heterocycles. The Morgan fingerprint density at radius 3 is 2.29 bits per heavy atom. The second-order valence-electron chi connectivity index (χ2n) is 3.36. The Morgan fingerprint density at radius 1 is 1.35 bits per heavy atom. The zero-order valence-electron chi connectivity index (χ0n) is 9.38. The third-order valence-corrected chi connectivity index (χ3v) is 3.63. The Balaban J connectivity index is 2.93. The number of hydrogen-bond acceptors (Lipinski definition) is 4. The predicted octanol–water partition coefficient (Wildman–Crippen LogP) is 0.447. The molecule has 1 rings (SSSR count). The van der Waals surface area contributed by atoms with Gasteiger partial charge in [0.25, 0.3) is 0 Å². The number of aliphatic carboxylic acids is 1. The highest BCUT2D eigenvalue weighted by atomic mass is 32.2.